The zero-order valence-electron chi connectivity index (χ0n) is 11.7. The second kappa shape index (κ2) is 4.34. The number of aromatic nitrogens is 1. The van der Waals surface area contributed by atoms with Gasteiger partial charge in [-0.1, -0.05) is 0 Å². The van der Waals surface area contributed by atoms with Crippen LogP contribution in [0.5, 0.6) is 0 Å². The Labute approximate surface area is 109 Å². The average Bonchev–Trinajstić information content (AvgIpc) is 3.01. The summed E-state index contributed by atoms with van der Waals surface area (Å²) < 4.78 is 1.92. The summed E-state index contributed by atoms with van der Waals surface area (Å²) in [5, 5.41) is 3.13. The van der Waals surface area contributed by atoms with Crippen LogP contribution in [0, 0.1) is 5.92 Å². The molecule has 0 atom stereocenters. The molecule has 1 aromatic heterocycles. The normalized spacial score (nSPS) is 16.1. The van der Waals surface area contributed by atoms with Crippen molar-refractivity contribution in [3.63, 3.8) is 0 Å². The molecule has 1 aliphatic rings. The summed E-state index contributed by atoms with van der Waals surface area (Å²) in [6.07, 6.45) is 4.24. The molecule has 0 spiro atoms. The van der Waals surface area contributed by atoms with Crippen LogP contribution in [0.3, 0.4) is 0 Å². The van der Waals surface area contributed by atoms with Crippen LogP contribution in [0.4, 0.5) is 5.69 Å². The first-order valence-electron chi connectivity index (χ1n) is 6.61. The van der Waals surface area contributed by atoms with Gasteiger partial charge in [-0.15, -0.1) is 0 Å². The predicted molar refractivity (Wildman–Crippen MR) is 73.5 cm³/mol. The minimum atomic E-state index is -0.127. The van der Waals surface area contributed by atoms with Gasteiger partial charge in [-0.25, -0.2) is 0 Å². The van der Waals surface area contributed by atoms with Gasteiger partial charge >= 0.3 is 0 Å². The maximum absolute atomic E-state index is 12.3. The first kappa shape index (κ1) is 13.0. The Morgan fingerprint density at radius 1 is 1.50 bits per heavy atom. The Morgan fingerprint density at radius 2 is 2.11 bits per heavy atom. The maximum Gasteiger partial charge on any atom is 0.268 e. The number of carbonyl (C=O) groups excluding carboxylic acids is 1. The van der Waals surface area contributed by atoms with E-state index < -0.39 is 0 Å². The number of nitrogens with two attached hydrogens (primary N) is 1. The van der Waals surface area contributed by atoms with Crippen molar-refractivity contribution in [3.05, 3.63) is 18.0 Å². The number of amides is 1. The Kier molecular flexibility index (Phi) is 3.13. The monoisotopic (exact) mass is 249 g/mol. The Balaban J connectivity index is 2.18. The van der Waals surface area contributed by atoms with E-state index in [1.165, 1.54) is 12.8 Å². The third-order valence-electron chi connectivity index (χ3n) is 3.69. The van der Waals surface area contributed by atoms with Crippen LogP contribution in [0.1, 0.15) is 57.1 Å². The molecule has 1 amide bonds. The minimum absolute atomic E-state index is 0.0303. The maximum atomic E-state index is 12.3. The highest BCUT2D eigenvalue weighted by Gasteiger charge is 2.39. The zero-order valence-corrected chi connectivity index (χ0v) is 11.7. The van der Waals surface area contributed by atoms with E-state index in [4.69, 9.17) is 5.73 Å². The van der Waals surface area contributed by atoms with Crippen molar-refractivity contribution in [1.82, 2.24) is 9.88 Å². The summed E-state index contributed by atoms with van der Waals surface area (Å²) in [7, 11) is 0. The number of nitrogens with zero attached hydrogens (tertiary/aromatic N) is 1. The van der Waals surface area contributed by atoms with Crippen LogP contribution in [0.2, 0.25) is 0 Å². The highest BCUT2D eigenvalue weighted by Crippen LogP contribution is 2.39. The van der Waals surface area contributed by atoms with Gasteiger partial charge in [0.1, 0.15) is 5.69 Å². The number of nitrogen functional groups attached to an aromatic ring is 1. The topological polar surface area (TPSA) is 60.0 Å². The van der Waals surface area contributed by atoms with Crippen molar-refractivity contribution in [1.29, 1.82) is 0 Å². The summed E-state index contributed by atoms with van der Waals surface area (Å²) in [6.45, 7) is 8.27. The molecular weight excluding hydrogens is 226 g/mol. The third kappa shape index (κ3) is 2.52. The lowest BCUT2D eigenvalue weighted by atomic mass is 9.98. The zero-order chi connectivity index (χ0) is 13.5. The van der Waals surface area contributed by atoms with Crippen molar-refractivity contribution in [2.45, 2.75) is 52.1 Å². The van der Waals surface area contributed by atoms with Gasteiger partial charge < -0.3 is 15.6 Å². The second-order valence-corrected chi connectivity index (χ2v) is 6.11. The van der Waals surface area contributed by atoms with E-state index in [0.717, 1.165) is 0 Å². The number of hydrogen-bond donors (Lipinski definition) is 2. The molecule has 100 valence electrons. The molecule has 1 aromatic rings. The molecule has 1 saturated carbocycles. The van der Waals surface area contributed by atoms with Gasteiger partial charge in [0.15, 0.2) is 0 Å². The SMILES string of the molecule is CC(C)n1cc(N)cc1C(=O)NC(C)(C)C1CC1. The van der Waals surface area contributed by atoms with E-state index >= 15 is 0 Å². The van der Waals surface area contributed by atoms with Gasteiger partial charge in [-0.2, -0.15) is 0 Å². The first-order valence-corrected chi connectivity index (χ1v) is 6.61. The summed E-state index contributed by atoms with van der Waals surface area (Å²) in [5.74, 6) is 0.582. The lowest BCUT2D eigenvalue weighted by Crippen LogP contribution is -2.45. The molecule has 1 heterocycles. The smallest absolute Gasteiger partial charge is 0.268 e. The molecule has 0 bridgehead atoms. The lowest BCUT2D eigenvalue weighted by Gasteiger charge is -2.26. The van der Waals surface area contributed by atoms with Gasteiger partial charge in [0.25, 0.3) is 5.91 Å². The number of nitrogens with one attached hydrogen (secondary N) is 1. The van der Waals surface area contributed by atoms with E-state index in [-0.39, 0.29) is 17.5 Å². The summed E-state index contributed by atoms with van der Waals surface area (Å²) in [6, 6.07) is 1.98. The fourth-order valence-electron chi connectivity index (χ4n) is 2.37. The molecule has 1 fully saturated rings. The van der Waals surface area contributed by atoms with Crippen molar-refractivity contribution < 1.29 is 4.79 Å². The van der Waals surface area contributed by atoms with E-state index in [1.54, 1.807) is 6.07 Å². The van der Waals surface area contributed by atoms with Crippen LogP contribution in [0.25, 0.3) is 0 Å². The van der Waals surface area contributed by atoms with Gasteiger partial charge in [0.2, 0.25) is 0 Å². The summed E-state index contributed by atoms with van der Waals surface area (Å²) >= 11 is 0. The standard InChI is InChI=1S/C14H23N3O/c1-9(2)17-8-11(15)7-12(17)13(18)16-14(3,4)10-5-6-10/h7-10H,5-6,15H2,1-4H3,(H,16,18). The van der Waals surface area contributed by atoms with Crippen molar-refractivity contribution in [3.8, 4) is 0 Å². The number of carbonyl (C=O) groups is 1. The Morgan fingerprint density at radius 3 is 2.61 bits per heavy atom. The number of anilines is 1. The van der Waals surface area contributed by atoms with Crippen molar-refractivity contribution >= 4 is 11.6 Å². The highest BCUT2D eigenvalue weighted by atomic mass is 16.2. The largest absolute Gasteiger partial charge is 0.397 e. The van der Waals surface area contributed by atoms with Crippen LogP contribution >= 0.6 is 0 Å². The Hall–Kier alpha value is -1.45. The van der Waals surface area contributed by atoms with E-state index in [2.05, 4.69) is 19.2 Å². The van der Waals surface area contributed by atoms with E-state index in [9.17, 15) is 4.79 Å². The summed E-state index contributed by atoms with van der Waals surface area (Å²) in [5.41, 5.74) is 6.95. The van der Waals surface area contributed by atoms with Crippen LogP contribution in [0.15, 0.2) is 12.3 Å². The van der Waals surface area contributed by atoms with Gasteiger partial charge in [-0.05, 0) is 52.5 Å². The molecule has 2 rings (SSSR count). The molecule has 0 aliphatic heterocycles. The molecule has 1 aliphatic carbocycles. The quantitative estimate of drug-likeness (QED) is 0.861. The molecule has 4 heteroatoms. The fraction of sp³-hybridized carbons (Fsp3) is 0.643. The van der Waals surface area contributed by atoms with Gasteiger partial charge in [-0.3, -0.25) is 4.79 Å². The van der Waals surface area contributed by atoms with Gasteiger partial charge in [0.05, 0.1) is 5.69 Å². The van der Waals surface area contributed by atoms with Crippen molar-refractivity contribution in [2.75, 3.05) is 5.73 Å². The molecule has 18 heavy (non-hydrogen) atoms. The predicted octanol–water partition coefficient (Wildman–Crippen LogP) is 2.57. The molecular formula is C14H23N3O. The molecule has 0 radical (unpaired) electrons. The molecule has 0 aromatic carbocycles. The number of rotatable bonds is 4. The lowest BCUT2D eigenvalue weighted by molar-refractivity contribution is 0.0892. The molecule has 0 saturated heterocycles. The van der Waals surface area contributed by atoms with Crippen LogP contribution < -0.4 is 11.1 Å². The number of hydrogen-bond acceptors (Lipinski definition) is 2. The van der Waals surface area contributed by atoms with E-state index in [0.29, 0.717) is 17.3 Å². The third-order valence-corrected chi connectivity index (χ3v) is 3.69. The summed E-state index contributed by atoms with van der Waals surface area (Å²) in [4.78, 5) is 12.3. The molecule has 0 unspecified atom stereocenters. The highest BCUT2D eigenvalue weighted by molar-refractivity contribution is 5.94. The van der Waals surface area contributed by atoms with E-state index in [1.807, 2.05) is 24.6 Å². The first-order chi connectivity index (χ1) is 8.31. The van der Waals surface area contributed by atoms with Crippen LogP contribution in [-0.2, 0) is 0 Å². The second-order valence-electron chi connectivity index (χ2n) is 6.11. The average molecular weight is 249 g/mol. The minimum Gasteiger partial charge on any atom is -0.397 e. The molecule has 3 N–H and O–H groups in total. The fourth-order valence-corrected chi connectivity index (χ4v) is 2.37. The van der Waals surface area contributed by atoms with Crippen LogP contribution in [-0.4, -0.2) is 16.0 Å². The Bertz CT molecular complexity index is 456. The molecule has 4 nitrogen and oxygen atoms in total. The van der Waals surface area contributed by atoms with Crippen molar-refractivity contribution in [2.24, 2.45) is 5.92 Å². The van der Waals surface area contributed by atoms with Gasteiger partial charge in [0, 0.05) is 17.8 Å².